The van der Waals surface area contributed by atoms with E-state index in [1.807, 2.05) is 30.3 Å². The SMILES string of the molecule is CC1CC(C)CN(S(=O)(=O)c2cccc(C(=O)N(C)CCOc3ccccc3)c2)C1. The highest BCUT2D eigenvalue weighted by Gasteiger charge is 2.32. The second-order valence-corrected chi connectivity index (χ2v) is 10.1. The molecule has 162 valence electrons. The lowest BCUT2D eigenvalue weighted by molar-refractivity contribution is 0.0773. The Labute approximate surface area is 179 Å². The number of piperidine rings is 1. The predicted molar refractivity (Wildman–Crippen MR) is 117 cm³/mol. The van der Waals surface area contributed by atoms with Crippen molar-refractivity contribution in [3.8, 4) is 5.75 Å². The van der Waals surface area contributed by atoms with Crippen LogP contribution in [-0.2, 0) is 10.0 Å². The summed E-state index contributed by atoms with van der Waals surface area (Å²) in [7, 11) is -1.94. The molecular weight excluding hydrogens is 400 g/mol. The number of nitrogens with zero attached hydrogens (tertiary/aromatic N) is 2. The Hall–Kier alpha value is -2.38. The van der Waals surface area contributed by atoms with Crippen LogP contribution in [0.1, 0.15) is 30.6 Å². The average molecular weight is 431 g/mol. The monoisotopic (exact) mass is 430 g/mol. The number of sulfonamides is 1. The van der Waals surface area contributed by atoms with Crippen LogP contribution in [0, 0.1) is 11.8 Å². The second kappa shape index (κ2) is 9.62. The van der Waals surface area contributed by atoms with Crippen LogP contribution < -0.4 is 4.74 Å². The molecule has 3 rings (SSSR count). The molecule has 0 aromatic heterocycles. The molecule has 2 aromatic carbocycles. The Morgan fingerprint density at radius 3 is 2.40 bits per heavy atom. The van der Waals surface area contributed by atoms with E-state index in [0.717, 1.165) is 12.2 Å². The summed E-state index contributed by atoms with van der Waals surface area (Å²) in [5.41, 5.74) is 0.358. The minimum Gasteiger partial charge on any atom is -0.492 e. The molecule has 1 fully saturated rings. The van der Waals surface area contributed by atoms with Crippen molar-refractivity contribution in [2.45, 2.75) is 25.2 Å². The van der Waals surface area contributed by atoms with E-state index >= 15 is 0 Å². The third kappa shape index (κ3) is 5.40. The van der Waals surface area contributed by atoms with Crippen LogP contribution in [0.4, 0.5) is 0 Å². The van der Waals surface area contributed by atoms with Crippen molar-refractivity contribution in [2.24, 2.45) is 11.8 Å². The van der Waals surface area contributed by atoms with Crippen molar-refractivity contribution in [1.82, 2.24) is 9.21 Å². The van der Waals surface area contributed by atoms with E-state index in [1.165, 1.54) is 6.07 Å². The summed E-state index contributed by atoms with van der Waals surface area (Å²) in [5.74, 6) is 1.16. The molecule has 0 radical (unpaired) electrons. The van der Waals surface area contributed by atoms with Gasteiger partial charge in [-0.05, 0) is 48.6 Å². The van der Waals surface area contributed by atoms with Gasteiger partial charge < -0.3 is 9.64 Å². The summed E-state index contributed by atoms with van der Waals surface area (Å²) in [6.45, 7) is 5.93. The molecule has 6 nitrogen and oxygen atoms in total. The molecule has 0 aliphatic carbocycles. The van der Waals surface area contributed by atoms with Crippen molar-refractivity contribution in [3.63, 3.8) is 0 Å². The van der Waals surface area contributed by atoms with E-state index in [4.69, 9.17) is 4.74 Å². The maximum absolute atomic E-state index is 13.1. The minimum atomic E-state index is -3.62. The molecule has 1 heterocycles. The van der Waals surface area contributed by atoms with Crippen molar-refractivity contribution in [2.75, 3.05) is 33.3 Å². The van der Waals surface area contributed by atoms with Crippen molar-refractivity contribution in [3.05, 3.63) is 60.2 Å². The molecular formula is C23H30N2O4S. The molecule has 0 N–H and O–H groups in total. The molecule has 2 unspecified atom stereocenters. The van der Waals surface area contributed by atoms with Crippen molar-refractivity contribution in [1.29, 1.82) is 0 Å². The van der Waals surface area contributed by atoms with E-state index in [2.05, 4.69) is 13.8 Å². The number of para-hydroxylation sites is 1. The third-order valence-electron chi connectivity index (χ3n) is 5.34. The summed E-state index contributed by atoms with van der Waals surface area (Å²) < 4.78 is 33.5. The highest BCUT2D eigenvalue weighted by molar-refractivity contribution is 7.89. The fourth-order valence-corrected chi connectivity index (χ4v) is 5.61. The highest BCUT2D eigenvalue weighted by atomic mass is 32.2. The average Bonchev–Trinajstić information content (AvgIpc) is 2.73. The van der Waals surface area contributed by atoms with Gasteiger partial charge in [0.15, 0.2) is 0 Å². The van der Waals surface area contributed by atoms with Gasteiger partial charge in [0.2, 0.25) is 10.0 Å². The maximum atomic E-state index is 13.1. The van der Waals surface area contributed by atoms with Crippen LogP contribution in [-0.4, -0.2) is 56.8 Å². The van der Waals surface area contributed by atoms with E-state index in [-0.39, 0.29) is 10.8 Å². The Morgan fingerprint density at radius 2 is 1.73 bits per heavy atom. The van der Waals surface area contributed by atoms with Crippen LogP contribution in [0.25, 0.3) is 0 Å². The molecule has 0 saturated carbocycles. The van der Waals surface area contributed by atoms with Crippen LogP contribution in [0.5, 0.6) is 5.75 Å². The van der Waals surface area contributed by atoms with Gasteiger partial charge in [0.25, 0.3) is 5.91 Å². The number of ether oxygens (including phenoxy) is 1. The first-order valence-corrected chi connectivity index (χ1v) is 11.7. The number of carbonyl (C=O) groups is 1. The zero-order valence-corrected chi connectivity index (χ0v) is 18.6. The topological polar surface area (TPSA) is 66.9 Å². The van der Waals surface area contributed by atoms with E-state index in [0.29, 0.717) is 43.6 Å². The molecule has 2 aromatic rings. The molecule has 0 spiro atoms. The quantitative estimate of drug-likeness (QED) is 0.674. The molecule has 1 aliphatic rings. The zero-order chi connectivity index (χ0) is 21.7. The molecule has 30 heavy (non-hydrogen) atoms. The van der Waals surface area contributed by atoms with Crippen molar-refractivity contribution < 1.29 is 17.9 Å². The number of hydrogen-bond acceptors (Lipinski definition) is 4. The van der Waals surface area contributed by atoms with Crippen molar-refractivity contribution >= 4 is 15.9 Å². The smallest absolute Gasteiger partial charge is 0.253 e. The van der Waals surface area contributed by atoms with E-state index in [9.17, 15) is 13.2 Å². The van der Waals surface area contributed by atoms with Gasteiger partial charge in [-0.15, -0.1) is 0 Å². The number of amides is 1. The van der Waals surface area contributed by atoms with Gasteiger partial charge in [-0.1, -0.05) is 38.1 Å². The maximum Gasteiger partial charge on any atom is 0.253 e. The van der Waals surface area contributed by atoms with Crippen LogP contribution in [0.2, 0.25) is 0 Å². The lowest BCUT2D eigenvalue weighted by atomic mass is 9.94. The number of carbonyl (C=O) groups excluding carboxylic acids is 1. The van der Waals surface area contributed by atoms with Crippen LogP contribution >= 0.6 is 0 Å². The first-order valence-electron chi connectivity index (χ1n) is 10.3. The van der Waals surface area contributed by atoms with Gasteiger partial charge in [0.1, 0.15) is 12.4 Å². The summed E-state index contributed by atoms with van der Waals surface area (Å²) in [6.07, 6.45) is 1.03. The Bertz CT molecular complexity index is 952. The van der Waals surface area contributed by atoms with Gasteiger partial charge in [-0.2, -0.15) is 4.31 Å². The lowest BCUT2D eigenvalue weighted by Crippen LogP contribution is -2.42. The summed E-state index contributed by atoms with van der Waals surface area (Å²) in [5, 5.41) is 0. The zero-order valence-electron chi connectivity index (χ0n) is 17.8. The molecule has 2 atom stereocenters. The number of hydrogen-bond donors (Lipinski definition) is 0. The Kier molecular flexibility index (Phi) is 7.15. The fraction of sp³-hybridized carbons (Fsp3) is 0.435. The number of likely N-dealkylation sites (N-methyl/N-ethyl adjacent to an activating group) is 1. The van der Waals surface area contributed by atoms with Gasteiger partial charge in [-0.25, -0.2) is 8.42 Å². The van der Waals surface area contributed by atoms with Gasteiger partial charge in [-0.3, -0.25) is 4.79 Å². The number of benzene rings is 2. The van der Waals surface area contributed by atoms with E-state index < -0.39 is 10.0 Å². The van der Waals surface area contributed by atoms with Gasteiger partial charge in [0.05, 0.1) is 11.4 Å². The van der Waals surface area contributed by atoms with Gasteiger partial charge >= 0.3 is 0 Å². The first kappa shape index (κ1) is 22.3. The first-order chi connectivity index (χ1) is 14.3. The third-order valence-corrected chi connectivity index (χ3v) is 7.17. The van der Waals surface area contributed by atoms with Crippen LogP contribution in [0.15, 0.2) is 59.5 Å². The summed E-state index contributed by atoms with van der Waals surface area (Å²) in [6, 6.07) is 15.7. The molecule has 1 saturated heterocycles. The summed E-state index contributed by atoms with van der Waals surface area (Å²) >= 11 is 0. The normalized spacial score (nSPS) is 20.0. The van der Waals surface area contributed by atoms with Crippen LogP contribution in [0.3, 0.4) is 0 Å². The standard InChI is InChI=1S/C23H30N2O4S/c1-18-14-19(2)17-25(16-18)30(27,28)22-11-7-8-20(15-22)23(26)24(3)12-13-29-21-9-5-4-6-10-21/h4-11,15,18-19H,12-14,16-17H2,1-3H3. The summed E-state index contributed by atoms with van der Waals surface area (Å²) in [4.78, 5) is 14.5. The largest absolute Gasteiger partial charge is 0.492 e. The lowest BCUT2D eigenvalue weighted by Gasteiger charge is -2.34. The molecule has 1 amide bonds. The minimum absolute atomic E-state index is 0.170. The molecule has 1 aliphatic heterocycles. The molecule has 7 heteroatoms. The fourth-order valence-electron chi connectivity index (χ4n) is 3.88. The Morgan fingerprint density at radius 1 is 1.07 bits per heavy atom. The Balaban J connectivity index is 1.67. The number of rotatable bonds is 7. The molecule has 0 bridgehead atoms. The van der Waals surface area contributed by atoms with Gasteiger partial charge in [0, 0.05) is 25.7 Å². The highest BCUT2D eigenvalue weighted by Crippen LogP contribution is 2.27. The predicted octanol–water partition coefficient (Wildman–Crippen LogP) is 3.50. The second-order valence-electron chi connectivity index (χ2n) is 8.18. The van der Waals surface area contributed by atoms with E-state index in [1.54, 1.807) is 34.5 Å².